The molecular weight excluding hydrogens is 728 g/mol. The molecule has 0 spiro atoms. The van der Waals surface area contributed by atoms with Crippen molar-refractivity contribution in [1.29, 1.82) is 0 Å². The van der Waals surface area contributed by atoms with E-state index in [-0.39, 0.29) is 0 Å². The first-order valence-corrected chi connectivity index (χ1v) is 16.4. The lowest BCUT2D eigenvalue weighted by Gasteiger charge is -2.49. The second-order valence-electron chi connectivity index (χ2n) is 13.0. The summed E-state index contributed by atoms with van der Waals surface area (Å²) in [5.41, 5.74) is 0. The molecule has 0 saturated carbocycles. The molecule has 0 aromatic heterocycles. The normalized spacial score (nSPS) is 46.3. The molecule has 2 amide bonds. The van der Waals surface area contributed by atoms with Crippen molar-refractivity contribution in [1.82, 2.24) is 10.6 Å². The quantitative estimate of drug-likeness (QED) is 0.0875. The number of ether oxygens (including phenoxy) is 7. The summed E-state index contributed by atoms with van der Waals surface area (Å²) in [5, 5.41) is 119. The van der Waals surface area contributed by atoms with Crippen LogP contribution in [0.2, 0.25) is 0 Å². The summed E-state index contributed by atoms with van der Waals surface area (Å²) in [7, 11) is 0. The Bertz CT molecular complexity index is 1290. The largest absolute Gasteiger partial charge is 0.479 e. The van der Waals surface area contributed by atoms with Crippen molar-refractivity contribution in [3.8, 4) is 0 Å². The summed E-state index contributed by atoms with van der Waals surface area (Å²) in [6.07, 6.45) is -34.3. The zero-order valence-electron chi connectivity index (χ0n) is 28.4. The minimum absolute atomic E-state index is 0.592. The average molecular weight is 775 g/mol. The van der Waals surface area contributed by atoms with Gasteiger partial charge in [0.05, 0.1) is 25.4 Å². The van der Waals surface area contributed by atoms with Gasteiger partial charge >= 0.3 is 11.9 Å². The van der Waals surface area contributed by atoms with Crippen LogP contribution in [0.25, 0.3) is 0 Å². The van der Waals surface area contributed by atoms with Crippen molar-refractivity contribution in [3.63, 3.8) is 0 Å². The van der Waals surface area contributed by atoms with Crippen LogP contribution < -0.4 is 10.6 Å². The third-order valence-corrected chi connectivity index (χ3v) is 9.21. The summed E-state index contributed by atoms with van der Waals surface area (Å²) in [6, 6.07) is -2.90. The van der Waals surface area contributed by atoms with Gasteiger partial charge in [0.2, 0.25) is 11.8 Å². The Morgan fingerprint density at radius 3 is 1.45 bits per heavy atom. The first-order valence-electron chi connectivity index (χ1n) is 16.4. The predicted molar refractivity (Wildman–Crippen MR) is 162 cm³/mol. The lowest BCUT2D eigenvalue weighted by molar-refractivity contribution is -0.366. The number of hydrogen-bond donors (Lipinski definition) is 13. The zero-order chi connectivity index (χ0) is 39.6. The van der Waals surface area contributed by atoms with Gasteiger partial charge in [0.15, 0.2) is 31.1 Å². The maximum absolute atomic E-state index is 12.5. The second kappa shape index (κ2) is 17.8. The van der Waals surface area contributed by atoms with Gasteiger partial charge in [0, 0.05) is 13.8 Å². The van der Waals surface area contributed by atoms with Crippen molar-refractivity contribution in [2.75, 3.05) is 13.2 Å². The lowest BCUT2D eigenvalue weighted by atomic mass is 9.92. The molecule has 0 aromatic carbocycles. The first kappa shape index (κ1) is 43.0. The van der Waals surface area contributed by atoms with E-state index in [1.807, 2.05) is 0 Å². The second-order valence-corrected chi connectivity index (χ2v) is 13.0. The van der Waals surface area contributed by atoms with Gasteiger partial charge in [-0.05, 0) is 6.92 Å². The summed E-state index contributed by atoms with van der Waals surface area (Å²) in [4.78, 5) is 48.3. The van der Waals surface area contributed by atoms with E-state index in [2.05, 4.69) is 10.6 Å². The third kappa shape index (κ3) is 9.21. The van der Waals surface area contributed by atoms with Gasteiger partial charge in [0.25, 0.3) is 0 Å². The van der Waals surface area contributed by atoms with Gasteiger partial charge in [0.1, 0.15) is 79.3 Å². The van der Waals surface area contributed by atoms with Crippen LogP contribution in [-0.4, -0.2) is 216 Å². The molecule has 4 fully saturated rings. The Kier molecular flexibility index (Phi) is 14.4. The molecule has 20 atom stereocenters. The molecule has 304 valence electrons. The molecule has 4 aliphatic heterocycles. The number of hydrogen-bond acceptors (Lipinski definition) is 20. The summed E-state index contributed by atoms with van der Waals surface area (Å²) in [6.45, 7) is 1.90. The van der Waals surface area contributed by atoms with Crippen LogP contribution >= 0.6 is 0 Å². The Balaban J connectivity index is 1.62. The number of aliphatic hydroxyl groups is 9. The third-order valence-electron chi connectivity index (χ3n) is 9.21. The first-order chi connectivity index (χ1) is 24.8. The van der Waals surface area contributed by atoms with Gasteiger partial charge in [-0.2, -0.15) is 0 Å². The Morgan fingerprint density at radius 1 is 0.528 bits per heavy atom. The van der Waals surface area contributed by atoms with Crippen LogP contribution in [0.3, 0.4) is 0 Å². The summed E-state index contributed by atoms with van der Waals surface area (Å²) >= 11 is 0. The van der Waals surface area contributed by atoms with Crippen molar-refractivity contribution in [2.24, 2.45) is 0 Å². The number of carbonyl (C=O) groups is 4. The van der Waals surface area contributed by atoms with Gasteiger partial charge in [-0.25, -0.2) is 9.59 Å². The zero-order valence-corrected chi connectivity index (χ0v) is 28.4. The maximum atomic E-state index is 12.5. The Hall–Kier alpha value is -2.76. The highest BCUT2D eigenvalue weighted by atomic mass is 16.8. The lowest BCUT2D eigenvalue weighted by Crippen LogP contribution is -2.70. The fourth-order valence-electron chi connectivity index (χ4n) is 6.55. The van der Waals surface area contributed by atoms with E-state index in [9.17, 15) is 75.3 Å². The van der Waals surface area contributed by atoms with Gasteiger partial charge < -0.3 is 100.0 Å². The van der Waals surface area contributed by atoms with Gasteiger partial charge in [-0.3, -0.25) is 9.59 Å². The van der Waals surface area contributed by atoms with E-state index in [1.54, 1.807) is 0 Å². The molecular formula is C29H46N2O22. The molecule has 0 bridgehead atoms. The number of aliphatic hydroxyl groups excluding tert-OH is 9. The SMILES string of the molecule is CC(=O)N[C@H]1C(O[C@@H]2OC(C(=O)O)[C@@H](O)C(O)[C@@H]2O)[C@H](O)C(CO)O[C@H]1O[C@@H]1C(C(=O)O)O[C@@H](OC2[C@H](O)C(CO)O[C@@H](C)[C@H]2NC(C)=O)[C@@H](O)C1O. The fourth-order valence-corrected chi connectivity index (χ4v) is 6.55. The Morgan fingerprint density at radius 2 is 0.962 bits per heavy atom. The number of carboxylic acids is 2. The van der Waals surface area contributed by atoms with Crippen molar-refractivity contribution < 1.29 is 109 Å². The monoisotopic (exact) mass is 774 g/mol. The maximum Gasteiger partial charge on any atom is 0.335 e. The van der Waals surface area contributed by atoms with Crippen LogP contribution in [0.4, 0.5) is 0 Å². The number of carbonyl (C=O) groups excluding carboxylic acids is 2. The molecule has 0 aromatic rings. The van der Waals surface area contributed by atoms with Crippen LogP contribution in [0.1, 0.15) is 20.8 Å². The number of aliphatic carboxylic acids is 2. The fraction of sp³-hybridized carbons (Fsp3) is 0.862. The molecule has 4 saturated heterocycles. The van der Waals surface area contributed by atoms with Gasteiger partial charge in [-0.1, -0.05) is 0 Å². The highest BCUT2D eigenvalue weighted by molar-refractivity contribution is 5.74. The van der Waals surface area contributed by atoms with E-state index < -0.39 is 159 Å². The number of carboxylic acid groups (broad SMARTS) is 2. The minimum Gasteiger partial charge on any atom is -0.479 e. The standard InChI is InChI=1S/C29H46N2O22/c1-6-11(30-7(2)34)20(13(36)9(4-32)47-6)49-29-19(42)17(40)22(24(53-29)26(45)46)51-27-12(31-8(3)35)21(14(37)10(5-33)48-27)50-28-18(41)15(38)16(39)23(52-28)25(43)44/h6,9-24,27-29,32-33,36-42H,4-5H2,1-3H3,(H,30,34)(H,31,35)(H,43,44)(H,45,46)/t6-,9?,10?,11+,12-,13+,14+,15?,16-,17?,18-,19-,20?,21?,22-,23?,24?,27-,28+,29+/m0/s1. The van der Waals surface area contributed by atoms with E-state index in [0.717, 1.165) is 13.8 Å². The molecule has 0 aliphatic carbocycles. The van der Waals surface area contributed by atoms with E-state index in [4.69, 9.17) is 33.2 Å². The molecule has 4 heterocycles. The van der Waals surface area contributed by atoms with E-state index in [1.165, 1.54) is 6.92 Å². The molecule has 24 nitrogen and oxygen atoms in total. The highest BCUT2D eigenvalue weighted by Gasteiger charge is 2.57. The topological polar surface area (TPSA) is 379 Å². The Labute approximate surface area is 299 Å². The smallest absolute Gasteiger partial charge is 0.335 e. The number of amides is 2. The van der Waals surface area contributed by atoms with Crippen LogP contribution in [0.5, 0.6) is 0 Å². The molecule has 13 N–H and O–H groups in total. The van der Waals surface area contributed by atoms with Crippen LogP contribution in [-0.2, 0) is 52.3 Å². The van der Waals surface area contributed by atoms with Gasteiger partial charge in [-0.15, -0.1) is 0 Å². The van der Waals surface area contributed by atoms with Crippen molar-refractivity contribution >= 4 is 23.8 Å². The van der Waals surface area contributed by atoms with Crippen molar-refractivity contribution in [3.05, 3.63) is 0 Å². The minimum atomic E-state index is -2.24. The van der Waals surface area contributed by atoms with Crippen molar-refractivity contribution in [2.45, 2.75) is 143 Å². The molecule has 4 rings (SSSR count). The molecule has 8 unspecified atom stereocenters. The molecule has 0 radical (unpaired) electrons. The average Bonchev–Trinajstić information content (AvgIpc) is 3.08. The van der Waals surface area contributed by atoms with Crippen LogP contribution in [0.15, 0.2) is 0 Å². The number of rotatable bonds is 12. The molecule has 53 heavy (non-hydrogen) atoms. The highest BCUT2D eigenvalue weighted by Crippen LogP contribution is 2.34. The van der Waals surface area contributed by atoms with Crippen LogP contribution in [0, 0.1) is 0 Å². The van der Waals surface area contributed by atoms with E-state index >= 15 is 0 Å². The summed E-state index contributed by atoms with van der Waals surface area (Å²) in [5.74, 6) is -5.04. The summed E-state index contributed by atoms with van der Waals surface area (Å²) < 4.78 is 38.8. The number of nitrogens with one attached hydrogen (secondary N) is 2. The predicted octanol–water partition coefficient (Wildman–Crippen LogP) is -8.21. The van der Waals surface area contributed by atoms with E-state index in [0.29, 0.717) is 0 Å². The molecule has 24 heteroatoms. The molecule has 4 aliphatic rings.